The van der Waals surface area contributed by atoms with Crippen molar-refractivity contribution in [1.82, 2.24) is 20.4 Å². The highest BCUT2D eigenvalue weighted by Crippen LogP contribution is 2.07. The van der Waals surface area contributed by atoms with Crippen molar-refractivity contribution < 1.29 is 14.3 Å². The van der Waals surface area contributed by atoms with Gasteiger partial charge in [0.15, 0.2) is 5.96 Å². The zero-order valence-electron chi connectivity index (χ0n) is 16.5. The molecule has 28 heavy (non-hydrogen) atoms. The minimum atomic E-state index is -0.249. The fourth-order valence-electron chi connectivity index (χ4n) is 2.70. The molecule has 1 fully saturated rings. The summed E-state index contributed by atoms with van der Waals surface area (Å²) >= 11 is 1.44. The second kappa shape index (κ2) is 13.6. The van der Waals surface area contributed by atoms with Crippen molar-refractivity contribution in [3.8, 4) is 0 Å². The Morgan fingerprint density at radius 2 is 1.89 bits per heavy atom. The molecule has 2 rings (SSSR count). The quantitative estimate of drug-likeness (QED) is 0.248. The van der Waals surface area contributed by atoms with Crippen LogP contribution in [0.25, 0.3) is 0 Å². The zero-order valence-corrected chi connectivity index (χ0v) is 19.6. The zero-order chi connectivity index (χ0) is 19.5. The first-order chi connectivity index (χ1) is 13.2. The van der Waals surface area contributed by atoms with Gasteiger partial charge in [-0.25, -0.2) is 4.79 Å². The SMILES string of the molecule is CCNC(=NCCCNC(=O)c1cccs1)N1CCN(C(=O)OCC)CC1.I. The maximum absolute atomic E-state index is 11.9. The van der Waals surface area contributed by atoms with Crippen molar-refractivity contribution in [3.05, 3.63) is 22.4 Å². The highest BCUT2D eigenvalue weighted by molar-refractivity contribution is 14.0. The molecule has 1 aromatic heterocycles. The number of guanidine groups is 1. The number of hydrogen-bond acceptors (Lipinski definition) is 5. The van der Waals surface area contributed by atoms with Crippen molar-refractivity contribution in [3.63, 3.8) is 0 Å². The van der Waals surface area contributed by atoms with Crippen molar-refractivity contribution in [2.75, 3.05) is 52.4 Å². The molecular weight excluding hydrogens is 493 g/mol. The molecule has 1 aliphatic rings. The highest BCUT2D eigenvalue weighted by Gasteiger charge is 2.23. The normalized spacial score (nSPS) is 14.3. The van der Waals surface area contributed by atoms with Crippen LogP contribution in [0.5, 0.6) is 0 Å². The monoisotopic (exact) mass is 523 g/mol. The van der Waals surface area contributed by atoms with Crippen LogP contribution in [0, 0.1) is 0 Å². The number of nitrogens with one attached hydrogen (secondary N) is 2. The van der Waals surface area contributed by atoms with Gasteiger partial charge in [-0.15, -0.1) is 35.3 Å². The van der Waals surface area contributed by atoms with E-state index in [1.165, 1.54) is 11.3 Å². The summed E-state index contributed by atoms with van der Waals surface area (Å²) in [6.45, 7) is 8.94. The topological polar surface area (TPSA) is 86.3 Å². The number of halogens is 1. The Morgan fingerprint density at radius 1 is 1.18 bits per heavy atom. The van der Waals surface area contributed by atoms with E-state index in [4.69, 9.17) is 4.74 Å². The Bertz CT molecular complexity index is 619. The molecular formula is C18H30IN5O3S. The number of rotatable bonds is 7. The summed E-state index contributed by atoms with van der Waals surface area (Å²) in [5.41, 5.74) is 0. The average molecular weight is 523 g/mol. The smallest absolute Gasteiger partial charge is 0.409 e. The number of piperazine rings is 1. The number of carbonyl (C=O) groups is 2. The summed E-state index contributed by atoms with van der Waals surface area (Å²) in [6, 6.07) is 3.69. The number of hydrogen-bond donors (Lipinski definition) is 2. The summed E-state index contributed by atoms with van der Waals surface area (Å²) in [7, 11) is 0. The maximum atomic E-state index is 11.9. The number of nitrogens with zero attached hydrogens (tertiary/aromatic N) is 3. The summed E-state index contributed by atoms with van der Waals surface area (Å²) in [4.78, 5) is 32.9. The molecule has 8 nitrogen and oxygen atoms in total. The van der Waals surface area contributed by atoms with Crippen LogP contribution in [0.1, 0.15) is 29.9 Å². The molecule has 0 aliphatic carbocycles. The van der Waals surface area contributed by atoms with E-state index < -0.39 is 0 Å². The number of amides is 2. The Morgan fingerprint density at radius 3 is 2.50 bits per heavy atom. The third kappa shape index (κ3) is 7.82. The third-order valence-electron chi connectivity index (χ3n) is 4.07. The lowest BCUT2D eigenvalue weighted by Crippen LogP contribution is -2.54. The van der Waals surface area contributed by atoms with Gasteiger partial charge in [-0.3, -0.25) is 9.79 Å². The molecule has 10 heteroatoms. The fraction of sp³-hybridized carbons (Fsp3) is 0.611. The molecule has 2 N–H and O–H groups in total. The van der Waals surface area contributed by atoms with Crippen LogP contribution in [-0.4, -0.2) is 80.2 Å². The Labute approximate surface area is 187 Å². The molecule has 0 bridgehead atoms. The highest BCUT2D eigenvalue weighted by atomic mass is 127. The molecule has 0 spiro atoms. The minimum absolute atomic E-state index is 0. The molecule has 0 unspecified atom stereocenters. The van der Waals surface area contributed by atoms with Crippen LogP contribution < -0.4 is 10.6 Å². The Hall–Kier alpha value is -1.56. The van der Waals surface area contributed by atoms with Crippen LogP contribution in [0.4, 0.5) is 4.79 Å². The molecule has 0 aromatic carbocycles. The largest absolute Gasteiger partial charge is 0.450 e. The molecule has 0 radical (unpaired) electrons. The van der Waals surface area contributed by atoms with Crippen LogP contribution in [0.2, 0.25) is 0 Å². The van der Waals surface area contributed by atoms with E-state index in [9.17, 15) is 9.59 Å². The lowest BCUT2D eigenvalue weighted by atomic mass is 10.3. The lowest BCUT2D eigenvalue weighted by Gasteiger charge is -2.35. The van der Waals surface area contributed by atoms with Crippen molar-refractivity contribution in [2.24, 2.45) is 4.99 Å². The number of carbonyl (C=O) groups excluding carboxylic acids is 2. The van der Waals surface area contributed by atoms with E-state index in [0.717, 1.165) is 36.9 Å². The molecule has 1 saturated heterocycles. The van der Waals surface area contributed by atoms with Crippen LogP contribution >= 0.6 is 35.3 Å². The van der Waals surface area contributed by atoms with Gasteiger partial charge in [0.1, 0.15) is 0 Å². The second-order valence-corrected chi connectivity index (χ2v) is 6.94. The Kier molecular flexibility index (Phi) is 11.9. The molecule has 158 valence electrons. The van der Waals surface area contributed by atoms with Gasteiger partial charge < -0.3 is 25.2 Å². The maximum Gasteiger partial charge on any atom is 0.409 e. The van der Waals surface area contributed by atoms with E-state index in [1.54, 1.807) is 4.90 Å². The molecule has 2 amide bonds. The van der Waals surface area contributed by atoms with E-state index in [0.29, 0.717) is 32.8 Å². The molecule has 1 aromatic rings. The van der Waals surface area contributed by atoms with Crippen molar-refractivity contribution in [1.29, 1.82) is 0 Å². The first-order valence-electron chi connectivity index (χ1n) is 9.42. The van der Waals surface area contributed by atoms with E-state index in [1.807, 2.05) is 31.4 Å². The predicted octanol–water partition coefficient (Wildman–Crippen LogP) is 2.23. The van der Waals surface area contributed by atoms with Gasteiger partial charge in [0.05, 0.1) is 11.5 Å². The second-order valence-electron chi connectivity index (χ2n) is 6.00. The summed E-state index contributed by atoms with van der Waals surface area (Å²) < 4.78 is 5.05. The van der Waals surface area contributed by atoms with Crippen molar-refractivity contribution in [2.45, 2.75) is 20.3 Å². The summed E-state index contributed by atoms with van der Waals surface area (Å²) in [5, 5.41) is 8.10. The summed E-state index contributed by atoms with van der Waals surface area (Å²) in [6.07, 6.45) is 0.523. The van der Waals surface area contributed by atoms with Gasteiger partial charge in [0.25, 0.3) is 5.91 Å². The minimum Gasteiger partial charge on any atom is -0.450 e. The van der Waals surface area contributed by atoms with Crippen LogP contribution in [0.15, 0.2) is 22.5 Å². The fourth-order valence-corrected chi connectivity index (χ4v) is 3.34. The summed E-state index contributed by atoms with van der Waals surface area (Å²) in [5.74, 6) is 0.821. The number of ether oxygens (including phenoxy) is 1. The van der Waals surface area contributed by atoms with Gasteiger partial charge in [-0.05, 0) is 31.7 Å². The third-order valence-corrected chi connectivity index (χ3v) is 4.94. The number of aliphatic imine (C=N–C) groups is 1. The van der Waals surface area contributed by atoms with Crippen LogP contribution in [0.3, 0.4) is 0 Å². The van der Waals surface area contributed by atoms with Gasteiger partial charge in [0, 0.05) is 45.8 Å². The van der Waals surface area contributed by atoms with Gasteiger partial charge >= 0.3 is 6.09 Å². The van der Waals surface area contributed by atoms with Crippen molar-refractivity contribution >= 4 is 53.3 Å². The van der Waals surface area contributed by atoms with Gasteiger partial charge in [-0.1, -0.05) is 6.07 Å². The van der Waals surface area contributed by atoms with E-state index in [2.05, 4.69) is 20.5 Å². The lowest BCUT2D eigenvalue weighted by molar-refractivity contribution is 0.0913. The van der Waals surface area contributed by atoms with E-state index >= 15 is 0 Å². The van der Waals surface area contributed by atoms with Crippen LogP contribution in [-0.2, 0) is 4.74 Å². The number of thiophene rings is 1. The molecule has 1 aliphatic heterocycles. The van der Waals surface area contributed by atoms with Gasteiger partial charge in [-0.2, -0.15) is 0 Å². The molecule has 0 saturated carbocycles. The molecule has 2 heterocycles. The average Bonchev–Trinajstić information content (AvgIpc) is 3.22. The standard InChI is InChI=1S/C18H29N5O3S.HI/c1-3-19-17(22-10-12-23(13-11-22)18(25)26-4-2)21-9-6-8-20-16(24)15-7-5-14-27-15;/h5,7,14H,3-4,6,8-13H2,1-2H3,(H,19,21)(H,20,24);1H. The van der Waals surface area contributed by atoms with E-state index in [-0.39, 0.29) is 36.0 Å². The molecule has 0 atom stereocenters. The predicted molar refractivity (Wildman–Crippen MR) is 123 cm³/mol. The first kappa shape index (κ1) is 24.5. The first-order valence-corrected chi connectivity index (χ1v) is 10.3. The van der Waals surface area contributed by atoms with Gasteiger partial charge in [0.2, 0.25) is 0 Å². The Balaban J connectivity index is 0.00000392.